The molecule has 3 nitrogen and oxygen atoms in total. The van der Waals surface area contributed by atoms with Gasteiger partial charge in [0.1, 0.15) is 0 Å². The smallest absolute Gasteiger partial charge is 0.0722 e. The summed E-state index contributed by atoms with van der Waals surface area (Å²) in [5, 5.41) is 11.1. The quantitative estimate of drug-likeness (QED) is 0.177. The number of aryl methyl sites for hydroxylation is 3. The molecule has 0 N–H and O–H groups in total. The molecule has 169 valence electrons. The number of thiophene rings is 1. The molecule has 34 heavy (non-hydrogen) atoms. The maximum absolute atomic E-state index is 4.62. The number of benzene rings is 3. The van der Waals surface area contributed by atoms with Crippen molar-refractivity contribution in [3.05, 3.63) is 82.7 Å². The second kappa shape index (κ2) is 7.78. The summed E-state index contributed by atoms with van der Waals surface area (Å²) in [5.74, 6) is 0. The first-order valence-corrected chi connectivity index (χ1v) is 12.2. The number of hydrogen-bond acceptors (Lipinski definition) is 2. The predicted octanol–water partition coefficient (Wildman–Crippen LogP) is 7.91. The van der Waals surface area contributed by atoms with Crippen molar-refractivity contribution in [3.8, 4) is 11.1 Å². The van der Waals surface area contributed by atoms with Crippen LogP contribution in [0, 0.1) is 19.9 Å². The number of aromatic nitrogens is 3. The molecule has 4 heterocycles. The van der Waals surface area contributed by atoms with Crippen LogP contribution in [0.15, 0.2) is 66.9 Å². The molecule has 5 heteroatoms. The van der Waals surface area contributed by atoms with Crippen molar-refractivity contribution in [1.29, 1.82) is 0 Å². The predicted molar refractivity (Wildman–Crippen MR) is 141 cm³/mol. The summed E-state index contributed by atoms with van der Waals surface area (Å²) in [4.78, 5) is 2.69. The molecule has 0 spiro atoms. The van der Waals surface area contributed by atoms with E-state index in [9.17, 15) is 0 Å². The van der Waals surface area contributed by atoms with Crippen LogP contribution < -0.4 is 0 Å². The van der Waals surface area contributed by atoms with Crippen molar-refractivity contribution in [2.75, 3.05) is 0 Å². The van der Waals surface area contributed by atoms with Gasteiger partial charge in [-0.1, -0.05) is 35.9 Å². The number of fused-ring (bicyclic) bond motifs is 9. The fourth-order valence-electron chi connectivity index (χ4n) is 5.58. The second-order valence-electron chi connectivity index (χ2n) is 8.74. The molecule has 0 aliphatic rings. The number of pyridine rings is 1. The summed E-state index contributed by atoms with van der Waals surface area (Å²) in [6, 6.07) is 25.7. The molecule has 7 rings (SSSR count). The first-order valence-electron chi connectivity index (χ1n) is 11.4. The van der Waals surface area contributed by atoms with Crippen LogP contribution in [0.2, 0.25) is 0 Å². The van der Waals surface area contributed by atoms with Gasteiger partial charge in [-0.2, -0.15) is 23.3 Å². The van der Waals surface area contributed by atoms with Crippen LogP contribution in [-0.4, -0.2) is 14.2 Å². The third kappa shape index (κ3) is 2.81. The van der Waals surface area contributed by atoms with Crippen LogP contribution in [-0.2, 0) is 26.7 Å². The molecule has 4 aromatic heterocycles. The van der Waals surface area contributed by atoms with E-state index in [0.29, 0.717) is 0 Å². The van der Waals surface area contributed by atoms with E-state index in [0.717, 1.165) is 17.6 Å². The van der Waals surface area contributed by atoms with E-state index < -0.39 is 0 Å². The van der Waals surface area contributed by atoms with E-state index in [2.05, 4.69) is 97.2 Å². The van der Waals surface area contributed by atoms with E-state index in [-0.39, 0.29) is 20.1 Å². The average Bonchev–Trinajstić information content (AvgIpc) is 3.52. The summed E-state index contributed by atoms with van der Waals surface area (Å²) in [6.45, 7) is 7.61. The van der Waals surface area contributed by atoms with E-state index in [1.54, 1.807) is 0 Å². The second-order valence-corrected chi connectivity index (χ2v) is 10.2. The first kappa shape index (κ1) is 21.5. The normalized spacial score (nSPS) is 11.9. The molecule has 0 unspecified atom stereocenters. The number of nitrogens with zero attached hydrogens (tertiary/aromatic N) is 3. The van der Waals surface area contributed by atoms with Crippen molar-refractivity contribution >= 4 is 60.3 Å². The Labute approximate surface area is 215 Å². The zero-order valence-corrected chi connectivity index (χ0v) is 22.4. The Morgan fingerprint density at radius 3 is 2.44 bits per heavy atom. The summed E-state index contributed by atoms with van der Waals surface area (Å²) < 4.78 is 4.44. The number of para-hydroxylation sites is 1. The van der Waals surface area contributed by atoms with Crippen molar-refractivity contribution in [1.82, 2.24) is 14.2 Å². The minimum absolute atomic E-state index is 0. The maximum Gasteiger partial charge on any atom is 0.0722 e. The monoisotopic (exact) mass is 637 g/mol. The molecule has 0 bridgehead atoms. The Bertz CT molecular complexity index is 1890. The van der Waals surface area contributed by atoms with E-state index in [1.165, 1.54) is 58.8 Å². The van der Waals surface area contributed by atoms with Gasteiger partial charge >= 0.3 is 0 Å². The van der Waals surface area contributed by atoms with Gasteiger partial charge < -0.3 is 4.57 Å². The molecule has 0 aliphatic heterocycles. The maximum atomic E-state index is 4.62. The molecule has 1 radical (unpaired) electrons. The van der Waals surface area contributed by atoms with Crippen molar-refractivity contribution in [2.45, 2.75) is 27.3 Å². The van der Waals surface area contributed by atoms with Gasteiger partial charge in [0, 0.05) is 64.9 Å². The molecule has 3 aromatic carbocycles. The van der Waals surface area contributed by atoms with Gasteiger partial charge in [-0.15, -0.1) is 22.3 Å². The Balaban J connectivity index is 0.00000217. The Morgan fingerprint density at radius 1 is 0.824 bits per heavy atom. The van der Waals surface area contributed by atoms with Crippen LogP contribution in [0.25, 0.3) is 60.1 Å². The van der Waals surface area contributed by atoms with E-state index in [4.69, 9.17) is 0 Å². The number of hydrogen-bond donors (Lipinski definition) is 0. The molecule has 0 amide bonds. The summed E-state index contributed by atoms with van der Waals surface area (Å²) in [7, 11) is 0. The SMILES string of the molecule is CCn1c2ccccc2c2cc(-c3c[c-]c4c(c3)c3c(C)sc(C)c3c3ccnn43)ccc21.[Ir]. The molecule has 7 aromatic rings. The largest absolute Gasteiger partial charge is 0.341 e. The van der Waals surface area contributed by atoms with Gasteiger partial charge in [0.25, 0.3) is 0 Å². The molecule has 0 saturated heterocycles. The summed E-state index contributed by atoms with van der Waals surface area (Å²) in [6.07, 6.45) is 1.89. The summed E-state index contributed by atoms with van der Waals surface area (Å²) in [5.41, 5.74) is 7.20. The van der Waals surface area contributed by atoms with E-state index in [1.807, 2.05) is 22.0 Å². The zero-order valence-electron chi connectivity index (χ0n) is 19.1. The minimum atomic E-state index is 0. The summed E-state index contributed by atoms with van der Waals surface area (Å²) >= 11 is 1.87. The van der Waals surface area contributed by atoms with Crippen molar-refractivity contribution < 1.29 is 20.1 Å². The average molecular weight is 637 g/mol. The van der Waals surface area contributed by atoms with Gasteiger partial charge in [0.15, 0.2) is 0 Å². The van der Waals surface area contributed by atoms with Crippen molar-refractivity contribution in [3.63, 3.8) is 0 Å². The van der Waals surface area contributed by atoms with Crippen LogP contribution in [0.1, 0.15) is 16.7 Å². The topological polar surface area (TPSA) is 22.2 Å². The molecule has 0 atom stereocenters. The van der Waals surface area contributed by atoms with Crippen LogP contribution >= 0.6 is 11.3 Å². The van der Waals surface area contributed by atoms with Crippen LogP contribution in [0.4, 0.5) is 0 Å². The number of rotatable bonds is 2. The Hall–Kier alpha value is -2.98. The Morgan fingerprint density at radius 2 is 1.59 bits per heavy atom. The fraction of sp³-hybridized carbons (Fsp3) is 0.138. The molecule has 0 saturated carbocycles. The molecular weight excluding hydrogens is 615 g/mol. The van der Waals surface area contributed by atoms with Gasteiger partial charge in [0.05, 0.1) is 5.52 Å². The van der Waals surface area contributed by atoms with Gasteiger partial charge in [-0.3, -0.25) is 4.52 Å². The van der Waals surface area contributed by atoms with E-state index >= 15 is 0 Å². The molecule has 0 aliphatic carbocycles. The third-order valence-corrected chi connectivity index (χ3v) is 8.00. The third-order valence-electron chi connectivity index (χ3n) is 6.98. The van der Waals surface area contributed by atoms with Gasteiger partial charge in [0.2, 0.25) is 0 Å². The molecule has 0 fully saturated rings. The van der Waals surface area contributed by atoms with Gasteiger partial charge in [-0.25, -0.2) is 0 Å². The Kier molecular flexibility index (Phi) is 4.93. The van der Waals surface area contributed by atoms with Gasteiger partial charge in [-0.05, 0) is 54.8 Å². The first-order chi connectivity index (χ1) is 16.2. The molecular formula is C29H22IrN3S-. The standard InChI is InChI=1S/C29H22N3S.Ir/c1-4-31-24-8-6-5-7-21(24)22-15-19(9-11-25(22)31)20-10-12-26-23(16-20)28-17(2)33-18(3)29(28)27-13-14-30-32(26)27;/h5-11,13-16H,4H2,1-3H3;/q-1;. The van der Waals surface area contributed by atoms with Crippen LogP contribution in [0.5, 0.6) is 0 Å². The van der Waals surface area contributed by atoms with Crippen molar-refractivity contribution in [2.24, 2.45) is 0 Å². The van der Waals surface area contributed by atoms with Crippen LogP contribution in [0.3, 0.4) is 0 Å². The fourth-order valence-corrected chi connectivity index (χ4v) is 6.67. The minimum Gasteiger partial charge on any atom is -0.341 e. The zero-order chi connectivity index (χ0) is 22.3.